The number of likely N-dealkylation sites (tertiary alicyclic amines) is 1. The Morgan fingerprint density at radius 2 is 1.93 bits per heavy atom. The summed E-state index contributed by atoms with van der Waals surface area (Å²) in [5.41, 5.74) is 2.22. The average molecular weight is 464 g/mol. The molecule has 1 fully saturated rings. The van der Waals surface area contributed by atoms with Crippen LogP contribution < -0.4 is 5.32 Å². The summed E-state index contributed by atoms with van der Waals surface area (Å²) in [4.78, 5) is 31.0. The lowest BCUT2D eigenvalue weighted by Crippen LogP contribution is -2.41. The van der Waals surface area contributed by atoms with Crippen LogP contribution in [0.1, 0.15) is 43.4 Å². The predicted octanol–water partition coefficient (Wildman–Crippen LogP) is 4.80. The molecule has 0 bridgehead atoms. The van der Waals surface area contributed by atoms with E-state index >= 15 is 0 Å². The number of carbonyl (C=O) groups is 2. The van der Waals surface area contributed by atoms with Gasteiger partial charge in [-0.1, -0.05) is 28.1 Å². The van der Waals surface area contributed by atoms with Gasteiger partial charge in [-0.05, 0) is 56.7 Å². The number of hydrogen-bond donors (Lipinski definition) is 1. The van der Waals surface area contributed by atoms with Gasteiger partial charge in [-0.2, -0.15) is 0 Å². The fourth-order valence-electron chi connectivity index (χ4n) is 3.42. The van der Waals surface area contributed by atoms with Gasteiger partial charge in [-0.15, -0.1) is 11.3 Å². The van der Waals surface area contributed by atoms with E-state index in [0.717, 1.165) is 42.3 Å². The molecule has 3 rings (SSSR count). The number of amides is 2. The van der Waals surface area contributed by atoms with E-state index in [-0.39, 0.29) is 17.7 Å². The monoisotopic (exact) mass is 463 g/mol. The number of nitrogens with one attached hydrogen (secondary N) is 1. The minimum absolute atomic E-state index is 0.0240. The van der Waals surface area contributed by atoms with Gasteiger partial charge in [-0.3, -0.25) is 9.59 Å². The van der Waals surface area contributed by atoms with Crippen molar-refractivity contribution in [2.45, 2.75) is 45.4 Å². The molecule has 1 aromatic heterocycles. The molecule has 1 saturated heterocycles. The van der Waals surface area contributed by atoms with Crippen LogP contribution in [0.15, 0.2) is 34.1 Å². The smallest absolute Gasteiger partial charge is 0.229 e. The highest BCUT2D eigenvalue weighted by molar-refractivity contribution is 9.10. The first-order chi connectivity index (χ1) is 13.5. The van der Waals surface area contributed by atoms with Gasteiger partial charge < -0.3 is 10.2 Å². The number of benzene rings is 1. The molecule has 2 amide bonds. The number of hydrogen-bond acceptors (Lipinski definition) is 4. The first-order valence-corrected chi connectivity index (χ1v) is 11.4. The molecule has 150 valence electrons. The van der Waals surface area contributed by atoms with Gasteiger partial charge >= 0.3 is 0 Å². The van der Waals surface area contributed by atoms with Crippen molar-refractivity contribution in [1.82, 2.24) is 9.88 Å². The number of aryl methyl sites for hydroxylation is 2. The Kier molecular flexibility index (Phi) is 7.62. The SMILES string of the molecule is Cc1csc(NC(=O)C2CCN(C(=O)CCCCc3ccc(Br)cc3)CC2)n1. The van der Waals surface area contributed by atoms with Crippen molar-refractivity contribution in [3.8, 4) is 0 Å². The molecule has 0 radical (unpaired) electrons. The average Bonchev–Trinajstić information content (AvgIpc) is 3.11. The van der Waals surface area contributed by atoms with Gasteiger partial charge in [0, 0.05) is 35.3 Å². The lowest BCUT2D eigenvalue weighted by atomic mass is 9.95. The van der Waals surface area contributed by atoms with E-state index in [0.29, 0.717) is 24.6 Å². The molecule has 2 aromatic rings. The van der Waals surface area contributed by atoms with E-state index in [1.165, 1.54) is 16.9 Å². The fourth-order valence-corrected chi connectivity index (χ4v) is 4.38. The van der Waals surface area contributed by atoms with Crippen LogP contribution in [0.4, 0.5) is 5.13 Å². The zero-order valence-electron chi connectivity index (χ0n) is 16.1. The second-order valence-corrected chi connectivity index (χ2v) is 9.05. The molecule has 1 N–H and O–H groups in total. The number of halogens is 1. The highest BCUT2D eigenvalue weighted by Crippen LogP contribution is 2.22. The van der Waals surface area contributed by atoms with Crippen molar-refractivity contribution < 1.29 is 9.59 Å². The molecular formula is C21H26BrN3O2S. The number of aromatic nitrogens is 1. The Morgan fingerprint density at radius 3 is 2.57 bits per heavy atom. The molecule has 1 aliphatic rings. The number of nitrogens with zero attached hydrogens (tertiary/aromatic N) is 2. The number of rotatable bonds is 7. The standard InChI is InChI=1S/C21H26BrN3O2S/c1-15-14-28-21(23-15)24-20(27)17-10-12-25(13-11-17)19(26)5-3-2-4-16-6-8-18(22)9-7-16/h6-9,14,17H,2-5,10-13H2,1H3,(H,23,24,27). The van der Waals surface area contributed by atoms with E-state index in [1.54, 1.807) is 0 Å². The molecule has 0 saturated carbocycles. The molecule has 1 aliphatic heterocycles. The Hall–Kier alpha value is -1.73. The zero-order valence-corrected chi connectivity index (χ0v) is 18.5. The number of anilines is 1. The van der Waals surface area contributed by atoms with Gasteiger partial charge in [0.05, 0.1) is 5.69 Å². The van der Waals surface area contributed by atoms with Crippen molar-refractivity contribution in [2.24, 2.45) is 5.92 Å². The molecular weight excluding hydrogens is 438 g/mol. The first kappa shape index (κ1) is 21.0. The van der Waals surface area contributed by atoms with Gasteiger partial charge in [0.1, 0.15) is 0 Å². The highest BCUT2D eigenvalue weighted by Gasteiger charge is 2.27. The molecule has 0 aliphatic carbocycles. The van der Waals surface area contributed by atoms with Crippen LogP contribution in [0, 0.1) is 12.8 Å². The number of piperidine rings is 1. The van der Waals surface area contributed by atoms with Crippen LogP contribution >= 0.6 is 27.3 Å². The van der Waals surface area contributed by atoms with Crippen molar-refractivity contribution in [2.75, 3.05) is 18.4 Å². The second kappa shape index (κ2) is 10.2. The summed E-state index contributed by atoms with van der Waals surface area (Å²) in [6.07, 6.45) is 4.95. The van der Waals surface area contributed by atoms with Crippen LogP contribution in [0.25, 0.3) is 0 Å². The quantitative estimate of drug-likeness (QED) is 0.599. The lowest BCUT2D eigenvalue weighted by molar-refractivity contribution is -0.134. The Labute approximate surface area is 178 Å². The molecule has 0 unspecified atom stereocenters. The minimum atomic E-state index is -0.0364. The van der Waals surface area contributed by atoms with Crippen LogP contribution in [-0.4, -0.2) is 34.8 Å². The Morgan fingerprint density at radius 1 is 1.21 bits per heavy atom. The van der Waals surface area contributed by atoms with Gasteiger partial charge in [0.25, 0.3) is 0 Å². The van der Waals surface area contributed by atoms with E-state index in [9.17, 15) is 9.59 Å². The van der Waals surface area contributed by atoms with Crippen LogP contribution in [0.3, 0.4) is 0 Å². The van der Waals surface area contributed by atoms with Crippen LogP contribution in [0.5, 0.6) is 0 Å². The molecule has 0 atom stereocenters. The molecule has 7 heteroatoms. The topological polar surface area (TPSA) is 62.3 Å². The maximum atomic E-state index is 12.4. The molecule has 28 heavy (non-hydrogen) atoms. The minimum Gasteiger partial charge on any atom is -0.343 e. The summed E-state index contributed by atoms with van der Waals surface area (Å²) in [5, 5.41) is 5.48. The number of carbonyl (C=O) groups excluding carboxylic acids is 2. The van der Waals surface area contributed by atoms with Gasteiger partial charge in [0.2, 0.25) is 11.8 Å². The summed E-state index contributed by atoms with van der Waals surface area (Å²) in [6.45, 7) is 3.25. The van der Waals surface area contributed by atoms with E-state index < -0.39 is 0 Å². The molecule has 5 nitrogen and oxygen atoms in total. The normalized spacial score (nSPS) is 14.9. The Bertz CT molecular complexity index is 798. The fraction of sp³-hybridized carbons (Fsp3) is 0.476. The third kappa shape index (κ3) is 6.14. The van der Waals surface area contributed by atoms with Crippen molar-refractivity contribution in [1.29, 1.82) is 0 Å². The van der Waals surface area contributed by atoms with Crippen molar-refractivity contribution in [3.05, 3.63) is 45.4 Å². The van der Waals surface area contributed by atoms with E-state index in [1.807, 2.05) is 17.2 Å². The highest BCUT2D eigenvalue weighted by atomic mass is 79.9. The first-order valence-electron chi connectivity index (χ1n) is 9.76. The van der Waals surface area contributed by atoms with Crippen LogP contribution in [0.2, 0.25) is 0 Å². The molecule has 0 spiro atoms. The summed E-state index contributed by atoms with van der Waals surface area (Å²) in [5.74, 6) is 0.201. The summed E-state index contributed by atoms with van der Waals surface area (Å²) in [7, 11) is 0. The predicted molar refractivity (Wildman–Crippen MR) is 116 cm³/mol. The largest absolute Gasteiger partial charge is 0.343 e. The maximum absolute atomic E-state index is 12.4. The number of unbranched alkanes of at least 4 members (excludes halogenated alkanes) is 1. The van der Waals surface area contributed by atoms with Gasteiger partial charge in [0.15, 0.2) is 5.13 Å². The molecule has 1 aromatic carbocycles. The molecule has 2 heterocycles. The van der Waals surface area contributed by atoms with Crippen LogP contribution in [-0.2, 0) is 16.0 Å². The summed E-state index contributed by atoms with van der Waals surface area (Å²) < 4.78 is 1.09. The van der Waals surface area contributed by atoms with E-state index in [2.05, 4.69) is 50.5 Å². The number of thiazole rings is 1. The Balaban J connectivity index is 1.34. The van der Waals surface area contributed by atoms with Crippen molar-refractivity contribution in [3.63, 3.8) is 0 Å². The summed E-state index contributed by atoms with van der Waals surface area (Å²) >= 11 is 4.89. The second-order valence-electron chi connectivity index (χ2n) is 7.27. The van der Waals surface area contributed by atoms with E-state index in [4.69, 9.17) is 0 Å². The van der Waals surface area contributed by atoms with Gasteiger partial charge in [-0.25, -0.2) is 4.98 Å². The zero-order chi connectivity index (χ0) is 19.9. The summed E-state index contributed by atoms with van der Waals surface area (Å²) in [6, 6.07) is 8.34. The van der Waals surface area contributed by atoms with Crippen molar-refractivity contribution >= 4 is 44.2 Å². The third-order valence-corrected chi connectivity index (χ3v) is 6.49. The lowest BCUT2D eigenvalue weighted by Gasteiger charge is -2.31. The third-order valence-electron chi connectivity index (χ3n) is 5.09. The maximum Gasteiger partial charge on any atom is 0.229 e.